The van der Waals surface area contributed by atoms with Gasteiger partial charge in [0, 0.05) is 0 Å². The summed E-state index contributed by atoms with van der Waals surface area (Å²) < 4.78 is 11.1. The second kappa shape index (κ2) is 8.16. The molecule has 0 fully saturated rings. The number of carbonyl (C=O) groups excluding carboxylic acids is 1. The van der Waals surface area contributed by atoms with E-state index in [-0.39, 0.29) is 14.1 Å². The molecular weight excluding hydrogens is 259 g/mol. The number of ether oxygens (including phenoxy) is 2. The number of hydrogen-bond donors (Lipinski definition) is 0. The number of carbonyl (C=O) groups is 1. The molecule has 4 heteroatoms. The minimum atomic E-state index is 0.127. The average Bonchev–Trinajstić information content (AvgIpc) is 2.39. The van der Waals surface area contributed by atoms with Crippen LogP contribution in [0.3, 0.4) is 0 Å². The van der Waals surface area contributed by atoms with E-state index >= 15 is 0 Å². The lowest BCUT2D eigenvalue weighted by atomic mass is 10.2. The molecule has 1 aromatic carbocycles. The van der Waals surface area contributed by atoms with Crippen LogP contribution in [0.15, 0.2) is 18.2 Å². The van der Waals surface area contributed by atoms with Gasteiger partial charge in [0.05, 0.1) is 13.2 Å². The van der Waals surface area contributed by atoms with Gasteiger partial charge in [-0.05, 0) is 46.6 Å². The van der Waals surface area contributed by atoms with Crippen LogP contribution in [0.4, 0.5) is 0 Å². The van der Waals surface area contributed by atoms with Gasteiger partial charge in [0.25, 0.3) is 0 Å². The third-order valence-electron chi connectivity index (χ3n) is 2.80. The maximum absolute atomic E-state index is 12.5. The van der Waals surface area contributed by atoms with Gasteiger partial charge in [-0.3, -0.25) is 4.79 Å². The third-order valence-corrected chi connectivity index (χ3v) is 4.22. The monoisotopic (exact) mass is 282 g/mol. The molecule has 0 amide bonds. The highest BCUT2D eigenvalue weighted by molar-refractivity contribution is 7.59. The summed E-state index contributed by atoms with van der Waals surface area (Å²) in [7, 11) is 0.260. The van der Waals surface area contributed by atoms with Crippen molar-refractivity contribution in [2.45, 2.75) is 39.8 Å². The van der Waals surface area contributed by atoms with Gasteiger partial charge in [0.1, 0.15) is 17.1 Å². The Bertz CT molecular complexity index is 394. The van der Waals surface area contributed by atoms with Gasteiger partial charge < -0.3 is 9.47 Å². The first-order valence-corrected chi connectivity index (χ1v) is 7.91. The van der Waals surface area contributed by atoms with Gasteiger partial charge in [0.15, 0.2) is 5.52 Å². The second-order valence-corrected chi connectivity index (χ2v) is 6.01. The Kier molecular flexibility index (Phi) is 6.86. The first kappa shape index (κ1) is 16.0. The van der Waals surface area contributed by atoms with E-state index in [1.807, 2.05) is 32.0 Å². The lowest BCUT2D eigenvalue weighted by Crippen LogP contribution is -2.06. The normalized spacial score (nSPS) is 12.6. The Morgan fingerprint density at radius 1 is 1.16 bits per heavy atom. The van der Waals surface area contributed by atoms with E-state index in [1.54, 1.807) is 0 Å². The van der Waals surface area contributed by atoms with Crippen LogP contribution in [-0.2, 0) is 0 Å². The van der Waals surface area contributed by atoms with Crippen LogP contribution in [0.1, 0.15) is 44.5 Å². The van der Waals surface area contributed by atoms with Crippen molar-refractivity contribution >= 4 is 14.1 Å². The van der Waals surface area contributed by atoms with E-state index in [0.29, 0.717) is 35.9 Å². The Hall–Kier alpha value is -1.08. The van der Waals surface area contributed by atoms with Crippen molar-refractivity contribution in [3.8, 4) is 11.5 Å². The summed E-state index contributed by atoms with van der Waals surface area (Å²) in [5.41, 5.74) is 1.13. The lowest BCUT2D eigenvalue weighted by molar-refractivity contribution is 0.107. The maximum Gasteiger partial charge on any atom is 0.188 e. The molecule has 19 heavy (non-hydrogen) atoms. The predicted molar refractivity (Wildman–Crippen MR) is 81.2 cm³/mol. The molecule has 0 aliphatic heterocycles. The predicted octanol–water partition coefficient (Wildman–Crippen LogP) is 4.10. The molecule has 3 nitrogen and oxygen atoms in total. The van der Waals surface area contributed by atoms with Crippen molar-refractivity contribution in [3.63, 3.8) is 0 Å². The highest BCUT2D eigenvalue weighted by Crippen LogP contribution is 2.36. The van der Waals surface area contributed by atoms with Crippen LogP contribution < -0.4 is 9.47 Å². The highest BCUT2D eigenvalue weighted by Gasteiger charge is 2.20. The van der Waals surface area contributed by atoms with Crippen LogP contribution in [0.2, 0.25) is 0 Å². The topological polar surface area (TPSA) is 35.5 Å². The molecule has 0 N–H and O–H groups in total. The summed E-state index contributed by atoms with van der Waals surface area (Å²) in [6.07, 6.45) is 1.00. The lowest BCUT2D eigenvalue weighted by Gasteiger charge is -2.15. The second-order valence-electron chi connectivity index (χ2n) is 4.28. The summed E-state index contributed by atoms with van der Waals surface area (Å²) >= 11 is 0. The Labute approximate surface area is 117 Å². The molecule has 106 valence electrons. The Morgan fingerprint density at radius 2 is 1.68 bits per heavy atom. The fraction of sp³-hybridized carbons (Fsp3) is 0.533. The molecule has 0 aromatic heterocycles. The van der Waals surface area contributed by atoms with Crippen molar-refractivity contribution < 1.29 is 14.3 Å². The maximum atomic E-state index is 12.5. The SMILES string of the molecule is CCOc1cccc(OCC)c1C(=O)PC(C)CC. The molecule has 2 unspecified atom stereocenters. The highest BCUT2D eigenvalue weighted by atomic mass is 31.1. The molecule has 0 saturated carbocycles. The average molecular weight is 282 g/mol. The van der Waals surface area contributed by atoms with Gasteiger partial charge in [-0.2, -0.15) is 0 Å². The quantitative estimate of drug-likeness (QED) is 0.673. The summed E-state index contributed by atoms with van der Waals surface area (Å²) in [6.45, 7) is 9.12. The molecule has 1 rings (SSSR count). The number of rotatable bonds is 8. The van der Waals surface area contributed by atoms with Crippen LogP contribution in [0.5, 0.6) is 11.5 Å². The van der Waals surface area contributed by atoms with Crippen LogP contribution in [-0.4, -0.2) is 24.4 Å². The van der Waals surface area contributed by atoms with E-state index in [9.17, 15) is 4.79 Å². The van der Waals surface area contributed by atoms with E-state index in [4.69, 9.17) is 9.47 Å². The van der Waals surface area contributed by atoms with Crippen molar-refractivity contribution in [1.82, 2.24) is 0 Å². The standard InChI is InChI=1S/C15H23O3P/c1-5-11(4)19-15(16)14-12(17-6-2)9-8-10-13(14)18-7-3/h8-11,19H,5-7H2,1-4H3. The van der Waals surface area contributed by atoms with E-state index < -0.39 is 0 Å². The molecule has 0 bridgehead atoms. The smallest absolute Gasteiger partial charge is 0.188 e. The molecule has 0 aliphatic rings. The first-order valence-electron chi connectivity index (χ1n) is 6.83. The summed E-state index contributed by atoms with van der Waals surface area (Å²) in [5.74, 6) is 1.27. The molecular formula is C15H23O3P. The van der Waals surface area contributed by atoms with Crippen molar-refractivity contribution in [2.24, 2.45) is 0 Å². The molecule has 0 aliphatic carbocycles. The summed E-state index contributed by atoms with van der Waals surface area (Å²) in [4.78, 5) is 12.5. The minimum Gasteiger partial charge on any atom is -0.493 e. The van der Waals surface area contributed by atoms with E-state index in [2.05, 4.69) is 13.8 Å². The molecule has 0 spiro atoms. The van der Waals surface area contributed by atoms with Crippen molar-refractivity contribution in [1.29, 1.82) is 0 Å². The van der Waals surface area contributed by atoms with Crippen LogP contribution in [0, 0.1) is 0 Å². The number of hydrogen-bond acceptors (Lipinski definition) is 3. The van der Waals surface area contributed by atoms with Gasteiger partial charge in [-0.15, -0.1) is 0 Å². The molecule has 0 heterocycles. The third kappa shape index (κ3) is 4.50. The van der Waals surface area contributed by atoms with E-state index in [1.165, 1.54) is 0 Å². The van der Waals surface area contributed by atoms with E-state index in [0.717, 1.165) is 6.42 Å². The zero-order valence-electron chi connectivity index (χ0n) is 12.2. The number of benzene rings is 1. The Balaban J connectivity index is 3.08. The largest absolute Gasteiger partial charge is 0.493 e. The van der Waals surface area contributed by atoms with Crippen LogP contribution >= 0.6 is 8.58 Å². The molecule has 2 atom stereocenters. The fourth-order valence-electron chi connectivity index (χ4n) is 1.68. The van der Waals surface area contributed by atoms with Gasteiger partial charge in [-0.25, -0.2) is 0 Å². The zero-order valence-corrected chi connectivity index (χ0v) is 13.2. The zero-order chi connectivity index (χ0) is 14.3. The fourth-order valence-corrected chi connectivity index (χ4v) is 2.73. The molecule has 1 aromatic rings. The molecule has 0 saturated heterocycles. The first-order chi connectivity index (χ1) is 9.13. The van der Waals surface area contributed by atoms with Crippen LogP contribution in [0.25, 0.3) is 0 Å². The van der Waals surface area contributed by atoms with Crippen molar-refractivity contribution in [2.75, 3.05) is 13.2 Å². The minimum absolute atomic E-state index is 0.127. The van der Waals surface area contributed by atoms with Gasteiger partial charge in [0.2, 0.25) is 0 Å². The van der Waals surface area contributed by atoms with Gasteiger partial charge in [-0.1, -0.05) is 19.9 Å². The Morgan fingerprint density at radius 3 is 2.11 bits per heavy atom. The summed E-state index contributed by atoms with van der Waals surface area (Å²) in [5, 5.41) is 0. The van der Waals surface area contributed by atoms with Crippen molar-refractivity contribution in [3.05, 3.63) is 23.8 Å². The van der Waals surface area contributed by atoms with Gasteiger partial charge >= 0.3 is 0 Å². The summed E-state index contributed by atoms with van der Waals surface area (Å²) in [6, 6.07) is 5.53. The molecule has 0 radical (unpaired) electrons.